The summed E-state index contributed by atoms with van der Waals surface area (Å²) in [7, 11) is 1.64. The van der Waals surface area contributed by atoms with Gasteiger partial charge in [-0.1, -0.05) is 31.4 Å². The van der Waals surface area contributed by atoms with Crippen LogP contribution in [0.3, 0.4) is 0 Å². The minimum Gasteiger partial charge on any atom is -0.378 e. The fourth-order valence-electron chi connectivity index (χ4n) is 3.23. The van der Waals surface area contributed by atoms with Gasteiger partial charge in [0.1, 0.15) is 0 Å². The molecule has 0 bridgehead atoms. The second-order valence-corrected chi connectivity index (χ2v) is 6.89. The summed E-state index contributed by atoms with van der Waals surface area (Å²) in [6, 6.07) is 7.56. The summed E-state index contributed by atoms with van der Waals surface area (Å²) in [4.78, 5) is 16.4. The van der Waals surface area contributed by atoms with Gasteiger partial charge in [-0.05, 0) is 43.9 Å². The largest absolute Gasteiger partial charge is 0.378 e. The molecule has 1 aliphatic carbocycles. The van der Waals surface area contributed by atoms with Gasteiger partial charge >= 0.3 is 0 Å². The van der Waals surface area contributed by atoms with Crippen molar-refractivity contribution in [1.29, 1.82) is 0 Å². The highest BCUT2D eigenvalue weighted by atomic mass is 16.5. The zero-order valence-corrected chi connectivity index (χ0v) is 16.7. The topological polar surface area (TPSA) is 74.8 Å². The third-order valence-corrected chi connectivity index (χ3v) is 4.70. The third-order valence-electron chi connectivity index (χ3n) is 4.70. The van der Waals surface area contributed by atoms with Crippen LogP contribution in [0.1, 0.15) is 61.4 Å². The maximum Gasteiger partial charge on any atom is 0.251 e. The molecule has 0 aliphatic heterocycles. The number of aliphatic imine (C=N–C) groups is 1. The Kier molecular flexibility index (Phi) is 9.69. The lowest BCUT2D eigenvalue weighted by atomic mass is 9.98. The third kappa shape index (κ3) is 7.99. The van der Waals surface area contributed by atoms with Crippen molar-refractivity contribution in [3.05, 3.63) is 35.4 Å². The molecule has 1 aliphatic rings. The van der Waals surface area contributed by atoms with E-state index >= 15 is 0 Å². The molecule has 3 N–H and O–H groups in total. The summed E-state index contributed by atoms with van der Waals surface area (Å²) in [5, 5.41) is 9.26. The highest BCUT2D eigenvalue weighted by molar-refractivity contribution is 5.94. The van der Waals surface area contributed by atoms with Crippen LogP contribution in [0.25, 0.3) is 0 Å². The van der Waals surface area contributed by atoms with Gasteiger partial charge in [0.05, 0.1) is 12.6 Å². The first-order valence-electron chi connectivity index (χ1n) is 10.2. The van der Waals surface area contributed by atoms with E-state index in [1.807, 2.05) is 24.3 Å². The van der Waals surface area contributed by atoms with Crippen molar-refractivity contribution in [3.63, 3.8) is 0 Å². The molecule has 1 saturated carbocycles. The van der Waals surface area contributed by atoms with Crippen molar-refractivity contribution in [2.24, 2.45) is 4.99 Å². The van der Waals surface area contributed by atoms with E-state index in [2.05, 4.69) is 27.9 Å². The molecule has 1 aromatic rings. The van der Waals surface area contributed by atoms with Gasteiger partial charge in [0.2, 0.25) is 0 Å². The van der Waals surface area contributed by atoms with Crippen molar-refractivity contribution in [3.8, 4) is 0 Å². The van der Waals surface area contributed by atoms with Gasteiger partial charge in [-0.15, -0.1) is 0 Å². The molecular formula is C21H34N4O2. The Hall–Kier alpha value is -2.08. The lowest BCUT2D eigenvalue weighted by Gasteiger charge is -2.22. The first kappa shape index (κ1) is 21.2. The minimum atomic E-state index is -0.0798. The quantitative estimate of drug-likeness (QED) is 0.353. The Bertz CT molecular complexity index is 598. The van der Waals surface area contributed by atoms with Gasteiger partial charge in [-0.25, -0.2) is 4.99 Å². The van der Waals surface area contributed by atoms with Crippen LogP contribution in [-0.2, 0) is 11.3 Å². The fraction of sp³-hybridized carbons (Fsp3) is 0.619. The maximum absolute atomic E-state index is 11.7. The molecule has 1 fully saturated rings. The van der Waals surface area contributed by atoms with E-state index < -0.39 is 0 Å². The fourth-order valence-corrected chi connectivity index (χ4v) is 3.23. The van der Waals surface area contributed by atoms with Crippen LogP contribution in [0.4, 0.5) is 0 Å². The van der Waals surface area contributed by atoms with Gasteiger partial charge < -0.3 is 20.7 Å². The molecule has 0 unspecified atom stereocenters. The molecule has 27 heavy (non-hydrogen) atoms. The predicted octanol–water partition coefficient (Wildman–Crippen LogP) is 2.84. The number of carbonyl (C=O) groups excluding carboxylic acids is 1. The molecule has 0 aromatic heterocycles. The maximum atomic E-state index is 11.7. The van der Waals surface area contributed by atoms with Crippen LogP contribution < -0.4 is 16.0 Å². The van der Waals surface area contributed by atoms with Crippen molar-refractivity contribution < 1.29 is 9.53 Å². The van der Waals surface area contributed by atoms with E-state index in [4.69, 9.17) is 4.74 Å². The number of hydrogen-bond acceptors (Lipinski definition) is 3. The average Bonchev–Trinajstić information content (AvgIpc) is 2.72. The molecule has 0 saturated heterocycles. The number of rotatable bonds is 9. The lowest BCUT2D eigenvalue weighted by Crippen LogP contribution is -2.38. The van der Waals surface area contributed by atoms with Gasteiger partial charge in [0, 0.05) is 32.3 Å². The Morgan fingerprint density at radius 3 is 2.78 bits per heavy atom. The first-order chi connectivity index (χ1) is 13.2. The Morgan fingerprint density at radius 2 is 2.04 bits per heavy atom. The standard InChI is InChI=1S/C21H34N4O2/c1-3-23-21(24-13-8-14-27-19-11-5-4-6-12-19)25-16-17-9-7-10-18(15-17)20(26)22-2/h7,9-10,15,19H,3-6,8,11-14,16H2,1-2H3,(H,22,26)(H2,23,24,25). The number of ether oxygens (including phenoxy) is 1. The van der Waals surface area contributed by atoms with Crippen LogP contribution in [0, 0.1) is 0 Å². The molecule has 150 valence electrons. The molecule has 0 atom stereocenters. The van der Waals surface area contributed by atoms with Crippen molar-refractivity contribution >= 4 is 11.9 Å². The highest BCUT2D eigenvalue weighted by Crippen LogP contribution is 2.20. The number of benzene rings is 1. The normalized spacial score (nSPS) is 15.4. The highest BCUT2D eigenvalue weighted by Gasteiger charge is 2.13. The Balaban J connectivity index is 1.75. The van der Waals surface area contributed by atoms with Gasteiger partial charge in [-0.2, -0.15) is 0 Å². The van der Waals surface area contributed by atoms with Crippen LogP contribution in [0.2, 0.25) is 0 Å². The first-order valence-corrected chi connectivity index (χ1v) is 10.2. The van der Waals surface area contributed by atoms with Crippen LogP contribution in [-0.4, -0.2) is 44.7 Å². The summed E-state index contributed by atoms with van der Waals surface area (Å²) in [5.74, 6) is 0.712. The number of amides is 1. The molecule has 0 heterocycles. The molecule has 0 radical (unpaired) electrons. The second-order valence-electron chi connectivity index (χ2n) is 6.89. The van der Waals surface area contributed by atoms with Crippen LogP contribution >= 0.6 is 0 Å². The molecule has 0 spiro atoms. The molecule has 2 rings (SSSR count). The van der Waals surface area contributed by atoms with Gasteiger partial charge in [-0.3, -0.25) is 4.79 Å². The van der Waals surface area contributed by atoms with Crippen molar-refractivity contribution in [1.82, 2.24) is 16.0 Å². The van der Waals surface area contributed by atoms with E-state index in [0.29, 0.717) is 18.2 Å². The summed E-state index contributed by atoms with van der Waals surface area (Å²) in [6.07, 6.45) is 7.83. The predicted molar refractivity (Wildman–Crippen MR) is 110 cm³/mol. The Morgan fingerprint density at radius 1 is 1.22 bits per heavy atom. The van der Waals surface area contributed by atoms with Crippen molar-refractivity contribution in [2.75, 3.05) is 26.7 Å². The number of nitrogens with one attached hydrogen (secondary N) is 3. The summed E-state index contributed by atoms with van der Waals surface area (Å²) >= 11 is 0. The zero-order valence-electron chi connectivity index (χ0n) is 16.7. The monoisotopic (exact) mass is 374 g/mol. The number of guanidine groups is 1. The van der Waals surface area contributed by atoms with Crippen LogP contribution in [0.5, 0.6) is 0 Å². The number of hydrogen-bond donors (Lipinski definition) is 3. The molecule has 1 aromatic carbocycles. The SMILES string of the molecule is CCNC(=NCc1cccc(C(=O)NC)c1)NCCCOC1CCCCC1. The average molecular weight is 375 g/mol. The smallest absolute Gasteiger partial charge is 0.251 e. The molecule has 6 heteroatoms. The van der Waals surface area contributed by atoms with E-state index in [-0.39, 0.29) is 5.91 Å². The molecule has 6 nitrogen and oxygen atoms in total. The van der Waals surface area contributed by atoms with Crippen molar-refractivity contribution in [2.45, 2.75) is 58.1 Å². The number of carbonyl (C=O) groups is 1. The van der Waals surface area contributed by atoms with E-state index in [0.717, 1.165) is 37.6 Å². The second kappa shape index (κ2) is 12.3. The van der Waals surface area contributed by atoms with E-state index in [9.17, 15) is 4.79 Å². The lowest BCUT2D eigenvalue weighted by molar-refractivity contribution is 0.0277. The molecular weight excluding hydrogens is 340 g/mol. The summed E-state index contributed by atoms with van der Waals surface area (Å²) in [5.41, 5.74) is 1.66. The Labute approximate surface area is 163 Å². The molecule has 1 amide bonds. The zero-order chi connectivity index (χ0) is 19.3. The van der Waals surface area contributed by atoms with Gasteiger partial charge in [0.15, 0.2) is 5.96 Å². The summed E-state index contributed by atoms with van der Waals surface area (Å²) in [6.45, 7) is 5.01. The van der Waals surface area contributed by atoms with E-state index in [1.54, 1.807) is 7.05 Å². The van der Waals surface area contributed by atoms with Crippen LogP contribution in [0.15, 0.2) is 29.3 Å². The summed E-state index contributed by atoms with van der Waals surface area (Å²) < 4.78 is 5.96. The van der Waals surface area contributed by atoms with E-state index in [1.165, 1.54) is 32.1 Å². The number of nitrogens with zero attached hydrogens (tertiary/aromatic N) is 1. The minimum absolute atomic E-state index is 0.0798. The van der Waals surface area contributed by atoms with Gasteiger partial charge in [0.25, 0.3) is 5.91 Å².